The lowest BCUT2D eigenvalue weighted by atomic mass is 10.2. The lowest BCUT2D eigenvalue weighted by Gasteiger charge is -2.22. The molecule has 62 valence electrons. The van der Waals surface area contributed by atoms with Gasteiger partial charge in [-0.25, -0.2) is 4.39 Å². The fourth-order valence-electron chi connectivity index (χ4n) is 0.560. The molecule has 0 radical (unpaired) electrons. The van der Waals surface area contributed by atoms with Crippen LogP contribution in [0.3, 0.4) is 0 Å². The molecule has 0 saturated carbocycles. The van der Waals surface area contributed by atoms with Gasteiger partial charge in [0.05, 0.1) is 5.03 Å². The minimum absolute atomic E-state index is 0.385. The van der Waals surface area contributed by atoms with Gasteiger partial charge < -0.3 is 5.32 Å². The van der Waals surface area contributed by atoms with Crippen molar-refractivity contribution in [2.45, 2.75) is 5.79 Å². The van der Waals surface area contributed by atoms with Gasteiger partial charge in [-0.3, -0.25) is 5.73 Å². The van der Waals surface area contributed by atoms with Crippen LogP contribution in [0.2, 0.25) is 0 Å². The summed E-state index contributed by atoms with van der Waals surface area (Å²) in [7, 11) is 0. The SMILES string of the molecule is NC1(F)C(Cl)=CNC(F)=C1Cl. The van der Waals surface area contributed by atoms with Crippen LogP contribution in [0.25, 0.3) is 0 Å². The zero-order valence-electron chi connectivity index (χ0n) is 5.17. The summed E-state index contributed by atoms with van der Waals surface area (Å²) in [6.07, 6.45) is 0.906. The van der Waals surface area contributed by atoms with Crippen LogP contribution in [-0.2, 0) is 0 Å². The molecule has 0 spiro atoms. The van der Waals surface area contributed by atoms with E-state index in [2.05, 4.69) is 0 Å². The molecule has 0 aromatic rings. The molecule has 1 heterocycles. The largest absolute Gasteiger partial charge is 0.336 e. The van der Waals surface area contributed by atoms with Crippen LogP contribution in [0.15, 0.2) is 22.2 Å². The molecular weight excluding hydrogens is 197 g/mol. The highest BCUT2D eigenvalue weighted by Crippen LogP contribution is 2.34. The normalized spacial score (nSPS) is 31.5. The smallest absolute Gasteiger partial charge is 0.237 e. The molecule has 2 nitrogen and oxygen atoms in total. The summed E-state index contributed by atoms with van der Waals surface area (Å²) in [5.74, 6) is -3.63. The van der Waals surface area contributed by atoms with Crippen LogP contribution in [0.4, 0.5) is 8.78 Å². The summed E-state index contributed by atoms with van der Waals surface area (Å²) < 4.78 is 25.5. The van der Waals surface area contributed by atoms with E-state index in [1.165, 1.54) is 0 Å². The fraction of sp³-hybridized carbons (Fsp3) is 0.200. The van der Waals surface area contributed by atoms with Crippen molar-refractivity contribution < 1.29 is 8.78 Å². The first kappa shape index (κ1) is 8.77. The van der Waals surface area contributed by atoms with E-state index in [4.69, 9.17) is 28.9 Å². The molecule has 0 aromatic heterocycles. The third-order valence-corrected chi connectivity index (χ3v) is 2.01. The molecular formula is C5H4Cl2F2N2. The summed E-state index contributed by atoms with van der Waals surface area (Å²) in [5, 5.41) is 0.846. The van der Waals surface area contributed by atoms with Crippen molar-refractivity contribution in [3.05, 3.63) is 22.2 Å². The number of nitrogens with two attached hydrogens (primary N) is 1. The molecule has 6 heteroatoms. The summed E-state index contributed by atoms with van der Waals surface area (Å²) in [4.78, 5) is 0. The molecule has 0 aromatic carbocycles. The van der Waals surface area contributed by atoms with Gasteiger partial charge in [0.25, 0.3) is 0 Å². The highest BCUT2D eigenvalue weighted by molar-refractivity contribution is 6.36. The first-order valence-corrected chi connectivity index (χ1v) is 3.38. The van der Waals surface area contributed by atoms with Crippen LogP contribution >= 0.6 is 23.2 Å². The Bertz CT molecular complexity index is 247. The van der Waals surface area contributed by atoms with Crippen molar-refractivity contribution in [1.29, 1.82) is 0 Å². The highest BCUT2D eigenvalue weighted by atomic mass is 35.5. The minimum Gasteiger partial charge on any atom is -0.336 e. The summed E-state index contributed by atoms with van der Waals surface area (Å²) in [5.41, 5.74) is 4.92. The zero-order valence-corrected chi connectivity index (χ0v) is 6.68. The zero-order chi connectivity index (χ0) is 8.65. The van der Waals surface area contributed by atoms with Crippen molar-refractivity contribution in [3.8, 4) is 0 Å². The molecule has 1 atom stereocenters. The van der Waals surface area contributed by atoms with E-state index in [1.54, 1.807) is 0 Å². The van der Waals surface area contributed by atoms with E-state index in [1.807, 2.05) is 5.32 Å². The van der Waals surface area contributed by atoms with E-state index in [9.17, 15) is 8.78 Å². The Kier molecular flexibility index (Phi) is 2.09. The van der Waals surface area contributed by atoms with Gasteiger partial charge in [-0.1, -0.05) is 23.2 Å². The summed E-state index contributed by atoms with van der Waals surface area (Å²) in [6.45, 7) is 0. The Morgan fingerprint density at radius 3 is 2.55 bits per heavy atom. The van der Waals surface area contributed by atoms with Gasteiger partial charge in [0.15, 0.2) is 0 Å². The molecule has 1 unspecified atom stereocenters. The van der Waals surface area contributed by atoms with Gasteiger partial charge in [-0.05, 0) is 0 Å². The molecule has 0 saturated heterocycles. The number of rotatable bonds is 0. The molecule has 0 amide bonds. The van der Waals surface area contributed by atoms with E-state index >= 15 is 0 Å². The van der Waals surface area contributed by atoms with Gasteiger partial charge in [0.1, 0.15) is 5.03 Å². The third-order valence-electron chi connectivity index (χ3n) is 1.19. The maximum Gasteiger partial charge on any atom is 0.237 e. The predicted octanol–water partition coefficient (Wildman–Crippen LogP) is 1.67. The lowest BCUT2D eigenvalue weighted by molar-refractivity contribution is 0.281. The van der Waals surface area contributed by atoms with Crippen LogP contribution in [0, 0.1) is 0 Å². The second-order valence-electron chi connectivity index (χ2n) is 1.98. The van der Waals surface area contributed by atoms with Crippen molar-refractivity contribution in [2.75, 3.05) is 0 Å². The van der Waals surface area contributed by atoms with Crippen molar-refractivity contribution >= 4 is 23.2 Å². The molecule has 0 fully saturated rings. The van der Waals surface area contributed by atoms with E-state index in [0.717, 1.165) is 6.20 Å². The second kappa shape index (κ2) is 2.62. The quantitative estimate of drug-likeness (QED) is 0.585. The minimum atomic E-state index is -2.60. The van der Waals surface area contributed by atoms with Crippen molar-refractivity contribution in [2.24, 2.45) is 5.73 Å². The van der Waals surface area contributed by atoms with Crippen LogP contribution < -0.4 is 11.1 Å². The first-order chi connectivity index (χ1) is 4.96. The number of halogens is 4. The Morgan fingerprint density at radius 1 is 1.55 bits per heavy atom. The van der Waals surface area contributed by atoms with Crippen LogP contribution in [0.1, 0.15) is 0 Å². The Labute approximate surface area is 71.6 Å². The Balaban J connectivity index is 3.07. The standard InChI is InChI=1S/C5H4Cl2F2N2/c6-2-1-11-4(8)3(7)5(2,9)10/h1,11H,10H2. The van der Waals surface area contributed by atoms with Crippen molar-refractivity contribution in [3.63, 3.8) is 0 Å². The first-order valence-electron chi connectivity index (χ1n) is 2.62. The number of hydrogen-bond acceptors (Lipinski definition) is 2. The van der Waals surface area contributed by atoms with Gasteiger partial charge >= 0.3 is 0 Å². The molecule has 11 heavy (non-hydrogen) atoms. The van der Waals surface area contributed by atoms with Gasteiger partial charge in [0.2, 0.25) is 11.7 Å². The monoisotopic (exact) mass is 200 g/mol. The lowest BCUT2D eigenvalue weighted by Crippen LogP contribution is -2.39. The third kappa shape index (κ3) is 1.34. The van der Waals surface area contributed by atoms with Crippen LogP contribution in [-0.4, -0.2) is 5.79 Å². The molecule has 1 aliphatic heterocycles. The van der Waals surface area contributed by atoms with E-state index in [-0.39, 0.29) is 5.03 Å². The second-order valence-corrected chi connectivity index (χ2v) is 2.76. The fourth-order valence-corrected chi connectivity index (χ4v) is 0.913. The van der Waals surface area contributed by atoms with Crippen molar-refractivity contribution in [1.82, 2.24) is 5.32 Å². The maximum absolute atomic E-state index is 13.0. The van der Waals surface area contributed by atoms with Crippen LogP contribution in [0.5, 0.6) is 0 Å². The number of nitrogens with one attached hydrogen (secondary N) is 1. The maximum atomic E-state index is 13.0. The number of hydrogen-bond donors (Lipinski definition) is 2. The highest BCUT2D eigenvalue weighted by Gasteiger charge is 2.38. The molecule has 1 rings (SSSR count). The van der Waals surface area contributed by atoms with Gasteiger partial charge in [-0.15, -0.1) is 0 Å². The Hall–Kier alpha value is -0.320. The van der Waals surface area contributed by atoms with E-state index in [0.29, 0.717) is 0 Å². The molecule has 1 aliphatic rings. The van der Waals surface area contributed by atoms with Gasteiger partial charge in [0, 0.05) is 6.20 Å². The molecule has 0 bridgehead atoms. The Morgan fingerprint density at radius 2 is 2.09 bits per heavy atom. The molecule has 0 aliphatic carbocycles. The number of alkyl halides is 1. The summed E-state index contributed by atoms with van der Waals surface area (Å²) >= 11 is 10.5. The predicted molar refractivity (Wildman–Crippen MR) is 39.1 cm³/mol. The average Bonchev–Trinajstić information content (AvgIpc) is 1.95. The van der Waals surface area contributed by atoms with Gasteiger partial charge in [-0.2, -0.15) is 4.39 Å². The average molecular weight is 201 g/mol. The number of dihydropyridines is 1. The molecule has 3 N–H and O–H groups in total. The topological polar surface area (TPSA) is 38.0 Å². The van der Waals surface area contributed by atoms with E-state index < -0.39 is 16.8 Å². The summed E-state index contributed by atoms with van der Waals surface area (Å²) in [6, 6.07) is 0.